The van der Waals surface area contributed by atoms with Gasteiger partial charge in [-0.25, -0.2) is 8.78 Å². The summed E-state index contributed by atoms with van der Waals surface area (Å²) in [5.74, 6) is -0.315. The fourth-order valence-corrected chi connectivity index (χ4v) is 5.18. The van der Waals surface area contributed by atoms with Crippen LogP contribution in [0.1, 0.15) is 77.0 Å². The summed E-state index contributed by atoms with van der Waals surface area (Å²) in [7, 11) is 0. The van der Waals surface area contributed by atoms with Crippen molar-refractivity contribution in [3.8, 4) is 0 Å². The summed E-state index contributed by atoms with van der Waals surface area (Å²) in [6.45, 7) is 3.68. The maximum Gasteiger partial charge on any atom is 0.248 e. The first kappa shape index (κ1) is 16.7. The third kappa shape index (κ3) is 4.43. The molecule has 1 heterocycles. The zero-order valence-corrected chi connectivity index (χ0v) is 14.0. The molecule has 2 saturated carbocycles. The largest absolute Gasteiger partial charge is 0.303 e. The summed E-state index contributed by atoms with van der Waals surface area (Å²) in [6, 6.07) is 0. The molecule has 0 aromatic heterocycles. The molecular formula is C19H33F2N. The number of halogens is 2. The number of hydrogen-bond donors (Lipinski definition) is 0. The molecule has 3 aliphatic rings. The third-order valence-corrected chi connectivity index (χ3v) is 6.54. The minimum atomic E-state index is -2.38. The molecule has 22 heavy (non-hydrogen) atoms. The Balaban J connectivity index is 1.62. The topological polar surface area (TPSA) is 3.24 Å². The van der Waals surface area contributed by atoms with Crippen LogP contribution < -0.4 is 0 Å². The van der Waals surface area contributed by atoms with E-state index in [4.69, 9.17) is 0 Å². The van der Waals surface area contributed by atoms with Gasteiger partial charge in [-0.15, -0.1) is 0 Å². The Morgan fingerprint density at radius 1 is 0.773 bits per heavy atom. The average Bonchev–Trinajstić information content (AvgIpc) is 2.55. The van der Waals surface area contributed by atoms with Gasteiger partial charge in [0.1, 0.15) is 0 Å². The molecule has 0 N–H and O–H groups in total. The standard InChI is InChI=1S/C19H33F2N/c20-19(21)11-9-17(10-12-19)18(16-7-3-1-4-8-16)15-22-13-5-2-6-14-22/h16-18H,1-15H2. The summed E-state index contributed by atoms with van der Waals surface area (Å²) < 4.78 is 27.1. The lowest BCUT2D eigenvalue weighted by Crippen LogP contribution is -2.41. The van der Waals surface area contributed by atoms with Crippen LogP contribution in [0.25, 0.3) is 0 Å². The van der Waals surface area contributed by atoms with E-state index in [1.165, 1.54) is 71.0 Å². The van der Waals surface area contributed by atoms with Gasteiger partial charge in [0, 0.05) is 19.4 Å². The van der Waals surface area contributed by atoms with Crippen LogP contribution in [0.15, 0.2) is 0 Å². The lowest BCUT2D eigenvalue weighted by molar-refractivity contribution is -0.0599. The number of rotatable bonds is 4. The van der Waals surface area contributed by atoms with E-state index in [2.05, 4.69) is 4.90 Å². The number of piperidine rings is 1. The maximum absolute atomic E-state index is 13.5. The molecule has 1 unspecified atom stereocenters. The van der Waals surface area contributed by atoms with E-state index in [0.29, 0.717) is 11.8 Å². The molecule has 3 heteroatoms. The van der Waals surface area contributed by atoms with E-state index >= 15 is 0 Å². The van der Waals surface area contributed by atoms with Gasteiger partial charge in [0.2, 0.25) is 5.92 Å². The van der Waals surface area contributed by atoms with Gasteiger partial charge in [-0.3, -0.25) is 0 Å². The van der Waals surface area contributed by atoms with Crippen LogP contribution in [0.3, 0.4) is 0 Å². The van der Waals surface area contributed by atoms with Gasteiger partial charge in [0.05, 0.1) is 0 Å². The second-order valence-electron chi connectivity index (χ2n) is 8.12. The predicted molar refractivity (Wildman–Crippen MR) is 87.3 cm³/mol. The van der Waals surface area contributed by atoms with Gasteiger partial charge in [-0.2, -0.15) is 0 Å². The highest BCUT2D eigenvalue weighted by atomic mass is 19.3. The van der Waals surface area contributed by atoms with Crippen LogP contribution in [0.5, 0.6) is 0 Å². The van der Waals surface area contributed by atoms with E-state index in [1.807, 2.05) is 0 Å². The SMILES string of the molecule is FC1(F)CCC(C(CN2CCCCC2)C2CCCCC2)CC1. The van der Waals surface area contributed by atoms with Crippen molar-refractivity contribution in [3.05, 3.63) is 0 Å². The molecule has 0 aromatic rings. The Morgan fingerprint density at radius 2 is 1.32 bits per heavy atom. The van der Waals surface area contributed by atoms with Crippen LogP contribution in [0.4, 0.5) is 8.78 Å². The molecule has 0 amide bonds. The van der Waals surface area contributed by atoms with Crippen LogP contribution in [0, 0.1) is 17.8 Å². The lowest BCUT2D eigenvalue weighted by atomic mass is 9.69. The first-order chi connectivity index (χ1) is 10.6. The van der Waals surface area contributed by atoms with Gasteiger partial charge in [0.25, 0.3) is 0 Å². The van der Waals surface area contributed by atoms with Crippen molar-refractivity contribution in [2.45, 2.75) is 83.0 Å². The first-order valence-corrected chi connectivity index (χ1v) is 9.74. The lowest BCUT2D eigenvalue weighted by Gasteiger charge is -2.42. The number of nitrogens with zero attached hydrogens (tertiary/aromatic N) is 1. The molecule has 3 fully saturated rings. The normalized spacial score (nSPS) is 30.3. The van der Waals surface area contributed by atoms with E-state index in [0.717, 1.165) is 18.8 Å². The van der Waals surface area contributed by atoms with E-state index in [1.54, 1.807) is 0 Å². The minimum absolute atomic E-state index is 0.140. The van der Waals surface area contributed by atoms with Crippen molar-refractivity contribution >= 4 is 0 Å². The minimum Gasteiger partial charge on any atom is -0.303 e. The van der Waals surface area contributed by atoms with Crippen LogP contribution in [-0.2, 0) is 0 Å². The van der Waals surface area contributed by atoms with Gasteiger partial charge < -0.3 is 4.90 Å². The average molecular weight is 313 g/mol. The molecule has 1 nitrogen and oxygen atoms in total. The van der Waals surface area contributed by atoms with Gasteiger partial charge in [-0.1, -0.05) is 38.5 Å². The highest BCUT2D eigenvalue weighted by Gasteiger charge is 2.40. The van der Waals surface area contributed by atoms with Gasteiger partial charge in [-0.05, 0) is 56.5 Å². The molecule has 1 atom stereocenters. The van der Waals surface area contributed by atoms with Gasteiger partial charge in [0.15, 0.2) is 0 Å². The Bertz CT molecular complexity index is 322. The van der Waals surface area contributed by atoms with Crippen LogP contribution in [-0.4, -0.2) is 30.5 Å². The second kappa shape index (κ2) is 7.59. The molecule has 0 aromatic carbocycles. The molecule has 0 spiro atoms. The highest BCUT2D eigenvalue weighted by Crippen LogP contribution is 2.44. The summed E-state index contributed by atoms with van der Waals surface area (Å²) in [5.41, 5.74) is 0. The van der Waals surface area contributed by atoms with Crippen LogP contribution in [0.2, 0.25) is 0 Å². The molecule has 1 aliphatic heterocycles. The quantitative estimate of drug-likeness (QED) is 0.663. The van der Waals surface area contributed by atoms with Crippen molar-refractivity contribution in [2.24, 2.45) is 17.8 Å². The van der Waals surface area contributed by atoms with Crippen LogP contribution >= 0.6 is 0 Å². The Morgan fingerprint density at radius 3 is 1.95 bits per heavy atom. The Hall–Kier alpha value is -0.180. The highest BCUT2D eigenvalue weighted by molar-refractivity contribution is 4.87. The molecule has 1 saturated heterocycles. The summed E-state index contributed by atoms with van der Waals surface area (Å²) in [4.78, 5) is 2.65. The fraction of sp³-hybridized carbons (Fsp3) is 1.00. The van der Waals surface area contributed by atoms with E-state index in [9.17, 15) is 8.78 Å². The number of hydrogen-bond acceptors (Lipinski definition) is 1. The number of alkyl halides is 2. The van der Waals surface area contributed by atoms with Crippen molar-refractivity contribution in [2.75, 3.05) is 19.6 Å². The molecule has 2 aliphatic carbocycles. The van der Waals surface area contributed by atoms with E-state index < -0.39 is 5.92 Å². The van der Waals surface area contributed by atoms with Crippen molar-refractivity contribution in [1.82, 2.24) is 4.90 Å². The second-order valence-corrected chi connectivity index (χ2v) is 8.12. The molecule has 0 bridgehead atoms. The molecule has 3 rings (SSSR count). The zero-order valence-electron chi connectivity index (χ0n) is 14.0. The Labute approximate surface area is 134 Å². The zero-order chi connectivity index (χ0) is 15.4. The Kier molecular flexibility index (Phi) is 5.75. The third-order valence-electron chi connectivity index (χ3n) is 6.54. The maximum atomic E-state index is 13.5. The molecule has 128 valence electrons. The molecular weight excluding hydrogens is 280 g/mol. The molecule has 0 radical (unpaired) electrons. The first-order valence-electron chi connectivity index (χ1n) is 9.74. The fourth-order valence-electron chi connectivity index (χ4n) is 5.18. The van der Waals surface area contributed by atoms with Gasteiger partial charge >= 0.3 is 0 Å². The van der Waals surface area contributed by atoms with Crippen molar-refractivity contribution in [3.63, 3.8) is 0 Å². The monoisotopic (exact) mass is 313 g/mol. The van der Waals surface area contributed by atoms with Crippen molar-refractivity contribution < 1.29 is 8.78 Å². The predicted octanol–water partition coefficient (Wildman–Crippen LogP) is 5.49. The summed E-state index contributed by atoms with van der Waals surface area (Å²) in [6.07, 6.45) is 12.7. The summed E-state index contributed by atoms with van der Waals surface area (Å²) >= 11 is 0. The smallest absolute Gasteiger partial charge is 0.248 e. The number of likely N-dealkylation sites (tertiary alicyclic amines) is 1. The summed E-state index contributed by atoms with van der Waals surface area (Å²) in [5, 5.41) is 0. The van der Waals surface area contributed by atoms with E-state index in [-0.39, 0.29) is 12.8 Å². The van der Waals surface area contributed by atoms with Crippen molar-refractivity contribution in [1.29, 1.82) is 0 Å².